The molecule has 2 aromatic rings. The third kappa shape index (κ3) is 3.54. The van der Waals surface area contributed by atoms with E-state index in [1.807, 2.05) is 12.3 Å². The molecule has 0 aromatic carbocycles. The van der Waals surface area contributed by atoms with E-state index in [9.17, 15) is 4.39 Å². The maximum absolute atomic E-state index is 14.3. The lowest BCUT2D eigenvalue weighted by molar-refractivity contribution is 0.218. The Morgan fingerprint density at radius 3 is 3.00 bits per heavy atom. The molecule has 138 valence electrons. The fourth-order valence-corrected chi connectivity index (χ4v) is 3.59. The van der Waals surface area contributed by atoms with Crippen LogP contribution in [-0.4, -0.2) is 53.9 Å². The summed E-state index contributed by atoms with van der Waals surface area (Å²) in [6.07, 6.45) is 5.67. The van der Waals surface area contributed by atoms with Crippen LogP contribution in [0.4, 0.5) is 4.39 Å². The molecule has 26 heavy (non-hydrogen) atoms. The van der Waals surface area contributed by atoms with Crippen LogP contribution in [-0.2, 0) is 0 Å². The number of amidine groups is 1. The number of fused-ring (bicyclic) bond motifs is 1. The van der Waals surface area contributed by atoms with Crippen LogP contribution in [0.15, 0.2) is 35.1 Å². The number of piperidine rings is 1. The quantitative estimate of drug-likeness (QED) is 0.767. The van der Waals surface area contributed by atoms with E-state index in [1.165, 1.54) is 0 Å². The van der Waals surface area contributed by atoms with Gasteiger partial charge in [-0.15, -0.1) is 0 Å². The Morgan fingerprint density at radius 2 is 2.19 bits per heavy atom. The summed E-state index contributed by atoms with van der Waals surface area (Å²) in [6.45, 7) is 2.98. The van der Waals surface area contributed by atoms with Gasteiger partial charge in [0.05, 0.1) is 11.6 Å². The zero-order chi connectivity index (χ0) is 18.1. The maximum atomic E-state index is 14.3. The zero-order valence-electron chi connectivity index (χ0n) is 14.6. The number of aromatic nitrogens is 2. The summed E-state index contributed by atoms with van der Waals surface area (Å²) in [7, 11) is 2.14. The van der Waals surface area contributed by atoms with Crippen LogP contribution in [0.1, 0.15) is 18.4 Å². The monoisotopic (exact) mass is 376 g/mol. The van der Waals surface area contributed by atoms with Crippen LogP contribution < -0.4 is 10.6 Å². The van der Waals surface area contributed by atoms with E-state index in [4.69, 9.17) is 11.6 Å². The van der Waals surface area contributed by atoms with Crippen molar-refractivity contribution in [3.8, 4) is 0 Å². The van der Waals surface area contributed by atoms with Gasteiger partial charge in [-0.05, 0) is 45.0 Å². The van der Waals surface area contributed by atoms with E-state index >= 15 is 0 Å². The molecular weight excluding hydrogens is 355 g/mol. The van der Waals surface area contributed by atoms with Crippen LogP contribution in [0.3, 0.4) is 0 Å². The summed E-state index contributed by atoms with van der Waals surface area (Å²) in [5, 5.41) is 7.77. The van der Waals surface area contributed by atoms with Gasteiger partial charge in [-0.3, -0.25) is 4.99 Å². The Morgan fingerprint density at radius 1 is 1.38 bits per heavy atom. The van der Waals surface area contributed by atoms with Crippen LogP contribution in [0.5, 0.6) is 0 Å². The fraction of sp³-hybridized carbons (Fsp3) is 0.444. The highest BCUT2D eigenvalue weighted by molar-refractivity contribution is 6.31. The first-order chi connectivity index (χ1) is 12.6. The number of hydrogen-bond acceptors (Lipinski definition) is 5. The van der Waals surface area contributed by atoms with Crippen molar-refractivity contribution in [2.45, 2.75) is 12.8 Å². The van der Waals surface area contributed by atoms with Gasteiger partial charge in [0, 0.05) is 29.9 Å². The number of H-pyrrole nitrogens is 1. The first-order valence-corrected chi connectivity index (χ1v) is 9.23. The molecule has 6 nitrogen and oxygen atoms in total. The molecule has 8 heteroatoms. The smallest absolute Gasteiger partial charge is 0.162 e. The van der Waals surface area contributed by atoms with Crippen LogP contribution in [0, 0.1) is 5.92 Å². The van der Waals surface area contributed by atoms with E-state index in [1.54, 1.807) is 6.20 Å². The van der Waals surface area contributed by atoms with Gasteiger partial charge in [0.25, 0.3) is 0 Å². The Balaban J connectivity index is 1.46. The van der Waals surface area contributed by atoms with Gasteiger partial charge in [0.15, 0.2) is 5.83 Å². The van der Waals surface area contributed by atoms with Gasteiger partial charge in [-0.1, -0.05) is 11.6 Å². The SMILES string of the molecule is CN1CCC(CNC2=C(F)CN=C(c3c[nH]c4ncc(Cl)cc34)N2)CC1. The second-order valence-electron chi connectivity index (χ2n) is 6.95. The largest absolute Gasteiger partial charge is 0.369 e. The first-order valence-electron chi connectivity index (χ1n) is 8.85. The molecule has 0 saturated carbocycles. The van der Waals surface area contributed by atoms with E-state index in [0.717, 1.165) is 49.1 Å². The number of pyridine rings is 1. The molecule has 3 N–H and O–H groups in total. The van der Waals surface area contributed by atoms with E-state index in [0.29, 0.717) is 22.6 Å². The summed E-state index contributed by atoms with van der Waals surface area (Å²) in [5.74, 6) is 1.33. The van der Waals surface area contributed by atoms with E-state index in [-0.39, 0.29) is 12.4 Å². The lowest BCUT2D eigenvalue weighted by atomic mass is 9.97. The molecule has 1 saturated heterocycles. The zero-order valence-corrected chi connectivity index (χ0v) is 15.4. The minimum atomic E-state index is -0.266. The maximum Gasteiger partial charge on any atom is 0.162 e. The minimum Gasteiger partial charge on any atom is -0.369 e. The number of rotatable bonds is 4. The van der Waals surface area contributed by atoms with Gasteiger partial charge in [0.1, 0.15) is 17.3 Å². The third-order valence-electron chi connectivity index (χ3n) is 5.05. The normalized spacial score (nSPS) is 19.6. The molecule has 0 amide bonds. The topological polar surface area (TPSA) is 68.3 Å². The predicted octanol–water partition coefficient (Wildman–Crippen LogP) is 2.64. The number of nitrogens with one attached hydrogen (secondary N) is 3. The number of aromatic amines is 1. The molecule has 1 fully saturated rings. The summed E-state index contributed by atoms with van der Waals surface area (Å²) in [5.41, 5.74) is 1.56. The van der Waals surface area contributed by atoms with Crippen molar-refractivity contribution >= 4 is 28.5 Å². The molecule has 0 unspecified atom stereocenters. The van der Waals surface area contributed by atoms with Gasteiger partial charge >= 0.3 is 0 Å². The molecule has 0 spiro atoms. The van der Waals surface area contributed by atoms with Gasteiger partial charge in [-0.2, -0.15) is 0 Å². The van der Waals surface area contributed by atoms with Crippen LogP contribution in [0.2, 0.25) is 5.02 Å². The molecule has 4 heterocycles. The van der Waals surface area contributed by atoms with Crippen molar-refractivity contribution in [3.63, 3.8) is 0 Å². The van der Waals surface area contributed by atoms with Crippen molar-refractivity contribution in [1.82, 2.24) is 25.5 Å². The summed E-state index contributed by atoms with van der Waals surface area (Å²) in [4.78, 5) is 14.0. The molecule has 0 radical (unpaired) electrons. The highest BCUT2D eigenvalue weighted by atomic mass is 35.5. The van der Waals surface area contributed by atoms with Crippen molar-refractivity contribution < 1.29 is 4.39 Å². The van der Waals surface area contributed by atoms with Crippen molar-refractivity contribution in [2.24, 2.45) is 10.9 Å². The number of likely N-dealkylation sites (tertiary alicyclic amines) is 1. The predicted molar refractivity (Wildman–Crippen MR) is 102 cm³/mol. The van der Waals surface area contributed by atoms with Crippen molar-refractivity contribution in [1.29, 1.82) is 0 Å². The lowest BCUT2D eigenvalue weighted by Crippen LogP contribution is -2.40. The molecule has 4 rings (SSSR count). The molecule has 2 aromatic heterocycles. The molecule has 0 bridgehead atoms. The van der Waals surface area contributed by atoms with Gasteiger partial charge < -0.3 is 20.5 Å². The third-order valence-corrected chi connectivity index (χ3v) is 5.26. The molecule has 2 aliphatic heterocycles. The number of hydrogen-bond donors (Lipinski definition) is 3. The number of nitrogens with zero attached hydrogens (tertiary/aromatic N) is 3. The first kappa shape index (κ1) is 17.3. The molecule has 0 atom stereocenters. The van der Waals surface area contributed by atoms with Gasteiger partial charge in [-0.25, -0.2) is 9.37 Å². The van der Waals surface area contributed by atoms with E-state index < -0.39 is 0 Å². The van der Waals surface area contributed by atoms with E-state index in [2.05, 4.69) is 37.5 Å². The second kappa shape index (κ2) is 7.25. The summed E-state index contributed by atoms with van der Waals surface area (Å²) in [6, 6.07) is 1.83. The highest BCUT2D eigenvalue weighted by Gasteiger charge is 2.21. The Bertz CT molecular complexity index is 866. The second-order valence-corrected chi connectivity index (χ2v) is 7.39. The molecule has 0 aliphatic carbocycles. The summed E-state index contributed by atoms with van der Waals surface area (Å²) < 4.78 is 14.3. The average molecular weight is 377 g/mol. The Kier molecular flexibility index (Phi) is 4.82. The van der Waals surface area contributed by atoms with Crippen LogP contribution in [0.25, 0.3) is 11.0 Å². The Hall–Kier alpha value is -2.12. The number of halogens is 2. The Labute approximate surface area is 156 Å². The van der Waals surface area contributed by atoms with Crippen molar-refractivity contribution in [3.05, 3.63) is 40.7 Å². The lowest BCUT2D eigenvalue weighted by Gasteiger charge is -2.30. The van der Waals surface area contributed by atoms with Crippen LogP contribution >= 0.6 is 11.6 Å². The van der Waals surface area contributed by atoms with Gasteiger partial charge in [0.2, 0.25) is 0 Å². The molecule has 2 aliphatic rings. The standard InChI is InChI=1S/C18H22ClFN6/c1-26-4-2-11(3-5-26)7-21-18-15(20)10-24-17(25-18)14-9-23-16-13(14)6-12(19)8-22-16/h6,8-9,11,21H,2-5,7,10H2,1H3,(H,22,23)(H,24,25). The highest BCUT2D eigenvalue weighted by Crippen LogP contribution is 2.22. The summed E-state index contributed by atoms with van der Waals surface area (Å²) >= 11 is 6.06. The average Bonchev–Trinajstić information content (AvgIpc) is 3.05. The number of aliphatic imine (C=N–C) groups is 1. The fourth-order valence-electron chi connectivity index (χ4n) is 3.43. The molecular formula is C18H22ClFN6. The minimum absolute atomic E-state index is 0.0265. The van der Waals surface area contributed by atoms with Crippen molar-refractivity contribution in [2.75, 3.05) is 33.2 Å².